The third-order valence-electron chi connectivity index (χ3n) is 2.69. The first-order valence-electron chi connectivity index (χ1n) is 6.04. The molecular formula is C13H11F3N4OS. The number of nitrogens with one attached hydrogen (secondary N) is 1. The molecule has 0 bridgehead atoms. The minimum atomic E-state index is -4.49. The fourth-order valence-corrected chi connectivity index (χ4v) is 2.34. The maximum Gasteiger partial charge on any atom is 0.416 e. The number of hydrogen-bond acceptors (Lipinski definition) is 5. The first-order valence-corrected chi connectivity index (χ1v) is 7.33. The number of carbonyl (C=O) groups excluding carboxylic acids is 1. The van der Waals surface area contributed by atoms with Crippen LogP contribution < -0.4 is 5.32 Å². The van der Waals surface area contributed by atoms with Crippen molar-refractivity contribution in [2.24, 2.45) is 0 Å². The second kappa shape index (κ2) is 6.73. The molecule has 2 heterocycles. The standard InChI is InChI=1S/C13H11F3N4OS/c1-22-11(9-3-4-17-7-19-9)12(21)20-10-6-8(2-5-18-10)13(14,15)16/h2-7,11H,1H3,(H,18,20,21). The molecule has 1 N–H and O–H groups in total. The van der Waals surface area contributed by atoms with E-state index in [9.17, 15) is 18.0 Å². The van der Waals surface area contributed by atoms with Gasteiger partial charge in [0.05, 0.1) is 11.3 Å². The fraction of sp³-hybridized carbons (Fsp3) is 0.231. The van der Waals surface area contributed by atoms with Crippen LogP contribution in [-0.2, 0) is 11.0 Å². The van der Waals surface area contributed by atoms with Crippen molar-refractivity contribution in [3.05, 3.63) is 48.2 Å². The molecule has 1 amide bonds. The van der Waals surface area contributed by atoms with Crippen LogP contribution in [0.5, 0.6) is 0 Å². The molecule has 22 heavy (non-hydrogen) atoms. The molecule has 2 aromatic heterocycles. The molecule has 0 radical (unpaired) electrons. The molecule has 0 saturated heterocycles. The SMILES string of the molecule is CSC(C(=O)Nc1cc(C(F)(F)F)ccn1)c1ccncn1. The summed E-state index contributed by atoms with van der Waals surface area (Å²) in [5.74, 6) is -0.661. The van der Waals surface area contributed by atoms with Crippen LogP contribution in [0.1, 0.15) is 16.5 Å². The molecule has 9 heteroatoms. The van der Waals surface area contributed by atoms with Gasteiger partial charge in [0.25, 0.3) is 0 Å². The molecule has 0 aliphatic carbocycles. The van der Waals surface area contributed by atoms with Gasteiger partial charge in [0.2, 0.25) is 5.91 Å². The average molecular weight is 328 g/mol. The minimum absolute atomic E-state index is 0.159. The van der Waals surface area contributed by atoms with E-state index in [1.54, 1.807) is 12.3 Å². The predicted molar refractivity (Wildman–Crippen MR) is 76.2 cm³/mol. The summed E-state index contributed by atoms with van der Waals surface area (Å²) in [5, 5.41) is 1.71. The van der Waals surface area contributed by atoms with Gasteiger partial charge in [0, 0.05) is 12.4 Å². The van der Waals surface area contributed by atoms with Crippen LogP contribution in [0.4, 0.5) is 19.0 Å². The smallest absolute Gasteiger partial charge is 0.309 e. The van der Waals surface area contributed by atoms with Gasteiger partial charge in [-0.05, 0) is 24.5 Å². The Kier molecular flexibility index (Phi) is 4.96. The zero-order valence-corrected chi connectivity index (χ0v) is 12.1. The van der Waals surface area contributed by atoms with Crippen molar-refractivity contribution < 1.29 is 18.0 Å². The molecule has 0 spiro atoms. The highest BCUT2D eigenvalue weighted by molar-refractivity contribution is 7.99. The summed E-state index contributed by atoms with van der Waals surface area (Å²) < 4.78 is 37.9. The summed E-state index contributed by atoms with van der Waals surface area (Å²) in [6.45, 7) is 0. The lowest BCUT2D eigenvalue weighted by molar-refractivity contribution is -0.137. The van der Waals surface area contributed by atoms with Gasteiger partial charge in [-0.3, -0.25) is 4.79 Å². The summed E-state index contributed by atoms with van der Waals surface area (Å²) in [6.07, 6.45) is 0.993. The molecule has 0 aliphatic heterocycles. The number of nitrogens with zero attached hydrogens (tertiary/aromatic N) is 3. The van der Waals surface area contributed by atoms with Crippen LogP contribution in [0.15, 0.2) is 36.9 Å². The normalized spacial score (nSPS) is 12.7. The van der Waals surface area contributed by atoms with E-state index in [1.807, 2.05) is 0 Å². The minimum Gasteiger partial charge on any atom is -0.309 e. The van der Waals surface area contributed by atoms with Gasteiger partial charge in [0.15, 0.2) is 0 Å². The number of amides is 1. The van der Waals surface area contributed by atoms with Crippen molar-refractivity contribution >= 4 is 23.5 Å². The zero-order chi connectivity index (χ0) is 16.2. The Morgan fingerprint density at radius 1 is 1.27 bits per heavy atom. The Hall–Kier alpha value is -2.16. The average Bonchev–Trinajstić information content (AvgIpc) is 2.48. The van der Waals surface area contributed by atoms with E-state index in [-0.39, 0.29) is 5.82 Å². The van der Waals surface area contributed by atoms with Crippen molar-refractivity contribution in [1.29, 1.82) is 0 Å². The third kappa shape index (κ3) is 3.94. The van der Waals surface area contributed by atoms with E-state index >= 15 is 0 Å². The summed E-state index contributed by atoms with van der Waals surface area (Å²) in [7, 11) is 0. The van der Waals surface area contributed by atoms with E-state index in [4.69, 9.17) is 0 Å². The van der Waals surface area contributed by atoms with Crippen LogP contribution in [0.25, 0.3) is 0 Å². The van der Waals surface area contributed by atoms with Gasteiger partial charge >= 0.3 is 6.18 Å². The van der Waals surface area contributed by atoms with Crippen LogP contribution in [-0.4, -0.2) is 27.1 Å². The van der Waals surface area contributed by atoms with E-state index in [0.29, 0.717) is 5.69 Å². The Labute approximate surface area is 128 Å². The van der Waals surface area contributed by atoms with Gasteiger partial charge in [0.1, 0.15) is 17.4 Å². The van der Waals surface area contributed by atoms with Gasteiger partial charge in [-0.15, -0.1) is 11.8 Å². The predicted octanol–water partition coefficient (Wildman–Crippen LogP) is 2.93. The quantitative estimate of drug-likeness (QED) is 0.934. The highest BCUT2D eigenvalue weighted by atomic mass is 32.2. The van der Waals surface area contributed by atoms with Crippen molar-refractivity contribution in [2.45, 2.75) is 11.4 Å². The topological polar surface area (TPSA) is 67.8 Å². The van der Waals surface area contributed by atoms with Crippen LogP contribution in [0.3, 0.4) is 0 Å². The number of rotatable bonds is 4. The highest BCUT2D eigenvalue weighted by Crippen LogP contribution is 2.31. The molecule has 116 valence electrons. The Balaban J connectivity index is 2.18. The largest absolute Gasteiger partial charge is 0.416 e. The molecule has 5 nitrogen and oxygen atoms in total. The lowest BCUT2D eigenvalue weighted by atomic mass is 10.2. The molecule has 0 saturated carbocycles. The summed E-state index contributed by atoms with van der Waals surface area (Å²) >= 11 is 1.21. The molecule has 1 unspecified atom stereocenters. The molecule has 0 fully saturated rings. The number of aromatic nitrogens is 3. The van der Waals surface area contributed by atoms with E-state index in [2.05, 4.69) is 20.3 Å². The highest BCUT2D eigenvalue weighted by Gasteiger charge is 2.31. The van der Waals surface area contributed by atoms with Crippen molar-refractivity contribution in [3.8, 4) is 0 Å². The van der Waals surface area contributed by atoms with Crippen LogP contribution >= 0.6 is 11.8 Å². The number of hydrogen-bond donors (Lipinski definition) is 1. The van der Waals surface area contributed by atoms with Crippen molar-refractivity contribution in [3.63, 3.8) is 0 Å². The number of carbonyl (C=O) groups is 1. The second-order valence-corrected chi connectivity index (χ2v) is 5.11. The Morgan fingerprint density at radius 2 is 2.05 bits per heavy atom. The van der Waals surface area contributed by atoms with Crippen molar-refractivity contribution in [2.75, 3.05) is 11.6 Å². The number of thioether (sulfide) groups is 1. The third-order valence-corrected chi connectivity index (χ3v) is 3.61. The molecular weight excluding hydrogens is 317 g/mol. The maximum absolute atomic E-state index is 12.6. The maximum atomic E-state index is 12.6. The van der Waals surface area contributed by atoms with Crippen LogP contribution in [0, 0.1) is 0 Å². The molecule has 1 atom stereocenters. The van der Waals surface area contributed by atoms with E-state index < -0.39 is 22.9 Å². The van der Waals surface area contributed by atoms with Crippen molar-refractivity contribution in [1.82, 2.24) is 15.0 Å². The second-order valence-electron chi connectivity index (χ2n) is 4.17. The summed E-state index contributed by atoms with van der Waals surface area (Å²) in [6, 6.07) is 3.20. The van der Waals surface area contributed by atoms with Gasteiger partial charge in [-0.1, -0.05) is 0 Å². The first kappa shape index (κ1) is 16.2. The van der Waals surface area contributed by atoms with Gasteiger partial charge in [-0.2, -0.15) is 13.2 Å². The summed E-state index contributed by atoms with van der Waals surface area (Å²) in [4.78, 5) is 23.7. The molecule has 2 rings (SSSR count). The molecule has 0 aliphatic rings. The number of alkyl halides is 3. The lowest BCUT2D eigenvalue weighted by Crippen LogP contribution is -2.20. The number of pyridine rings is 1. The molecule has 0 aromatic carbocycles. The summed E-state index contributed by atoms with van der Waals surface area (Å²) in [5.41, 5.74) is -0.410. The number of halogens is 3. The fourth-order valence-electron chi connectivity index (χ4n) is 1.69. The van der Waals surface area contributed by atoms with E-state index in [1.165, 1.54) is 24.3 Å². The lowest BCUT2D eigenvalue weighted by Gasteiger charge is -2.14. The van der Waals surface area contributed by atoms with Gasteiger partial charge < -0.3 is 5.32 Å². The first-order chi connectivity index (χ1) is 10.4. The Morgan fingerprint density at radius 3 is 2.64 bits per heavy atom. The molecule has 2 aromatic rings. The monoisotopic (exact) mass is 328 g/mol. The van der Waals surface area contributed by atoms with E-state index in [0.717, 1.165) is 18.3 Å². The van der Waals surface area contributed by atoms with Gasteiger partial charge in [-0.25, -0.2) is 15.0 Å². The van der Waals surface area contributed by atoms with Crippen LogP contribution in [0.2, 0.25) is 0 Å². The number of anilines is 1. The zero-order valence-electron chi connectivity index (χ0n) is 11.3. The Bertz CT molecular complexity index is 651.